The van der Waals surface area contributed by atoms with Gasteiger partial charge >= 0.3 is 0 Å². The first-order chi connectivity index (χ1) is 11.4. The Morgan fingerprint density at radius 2 is 1.67 bits per heavy atom. The molecule has 2 N–H and O–H groups in total. The van der Waals surface area contributed by atoms with E-state index in [4.69, 9.17) is 11.6 Å². The Kier molecular flexibility index (Phi) is 4.37. The number of nitrogens with zero attached hydrogens (tertiary/aromatic N) is 2. The lowest BCUT2D eigenvalue weighted by atomic mass is 10.2. The third-order valence-electron chi connectivity index (χ3n) is 3.13. The van der Waals surface area contributed by atoms with E-state index in [9.17, 15) is 13.5 Å². The summed E-state index contributed by atoms with van der Waals surface area (Å²) in [5.74, 6) is 0.476. The molecule has 8 heteroatoms. The Morgan fingerprint density at radius 1 is 1.00 bits per heavy atom. The predicted octanol–water partition coefficient (Wildman–Crippen LogP) is 3.30. The standard InChI is InChI=1S/C16H12ClN3O3S/c17-12-4-6-15(7-5-12)24(22,23)20-13-9-18-16(19-10-13)11-2-1-3-14(21)8-11/h1-10,20-21H. The Bertz CT molecular complexity index is 959. The number of sulfonamides is 1. The molecule has 0 aliphatic rings. The molecule has 122 valence electrons. The summed E-state index contributed by atoms with van der Waals surface area (Å²) >= 11 is 5.76. The van der Waals surface area contributed by atoms with Crippen molar-refractivity contribution >= 4 is 27.3 Å². The van der Waals surface area contributed by atoms with E-state index < -0.39 is 10.0 Å². The van der Waals surface area contributed by atoms with E-state index >= 15 is 0 Å². The smallest absolute Gasteiger partial charge is 0.261 e. The number of halogens is 1. The fourth-order valence-electron chi connectivity index (χ4n) is 2.00. The predicted molar refractivity (Wildman–Crippen MR) is 91.4 cm³/mol. The minimum atomic E-state index is -3.74. The molecular formula is C16H12ClN3O3S. The summed E-state index contributed by atoms with van der Waals surface area (Å²) < 4.78 is 26.9. The fourth-order valence-corrected chi connectivity index (χ4v) is 3.16. The lowest BCUT2D eigenvalue weighted by Gasteiger charge is -2.08. The molecule has 0 spiro atoms. The number of hydrogen-bond acceptors (Lipinski definition) is 5. The van der Waals surface area contributed by atoms with Gasteiger partial charge in [-0.2, -0.15) is 0 Å². The Balaban J connectivity index is 1.82. The van der Waals surface area contributed by atoms with Gasteiger partial charge in [0.15, 0.2) is 5.82 Å². The molecule has 0 aliphatic carbocycles. The molecule has 0 bridgehead atoms. The molecule has 24 heavy (non-hydrogen) atoms. The van der Waals surface area contributed by atoms with E-state index in [0.29, 0.717) is 16.4 Å². The van der Waals surface area contributed by atoms with Crippen LogP contribution in [0.4, 0.5) is 5.69 Å². The molecular weight excluding hydrogens is 350 g/mol. The van der Waals surface area contributed by atoms with Crippen molar-refractivity contribution in [3.8, 4) is 17.1 Å². The zero-order chi connectivity index (χ0) is 17.2. The number of phenols is 1. The maximum atomic E-state index is 12.3. The van der Waals surface area contributed by atoms with Crippen LogP contribution < -0.4 is 4.72 Å². The summed E-state index contributed by atoms with van der Waals surface area (Å²) in [5, 5.41) is 9.92. The minimum Gasteiger partial charge on any atom is -0.508 e. The molecule has 3 aromatic rings. The van der Waals surface area contributed by atoms with E-state index in [1.54, 1.807) is 12.1 Å². The summed E-state index contributed by atoms with van der Waals surface area (Å²) in [6.07, 6.45) is 2.72. The maximum absolute atomic E-state index is 12.3. The van der Waals surface area contributed by atoms with Gasteiger partial charge in [0.2, 0.25) is 0 Å². The second kappa shape index (κ2) is 6.46. The van der Waals surface area contributed by atoms with Gasteiger partial charge in [-0.05, 0) is 36.4 Å². The van der Waals surface area contributed by atoms with Crippen LogP contribution in [0.3, 0.4) is 0 Å². The molecule has 0 amide bonds. The van der Waals surface area contributed by atoms with Crippen LogP contribution in [-0.4, -0.2) is 23.5 Å². The highest BCUT2D eigenvalue weighted by Crippen LogP contribution is 2.21. The molecule has 0 fully saturated rings. The number of aromatic nitrogens is 2. The molecule has 2 aromatic carbocycles. The topological polar surface area (TPSA) is 92.2 Å². The van der Waals surface area contributed by atoms with Gasteiger partial charge < -0.3 is 5.11 Å². The van der Waals surface area contributed by atoms with Crippen molar-refractivity contribution in [1.29, 1.82) is 0 Å². The van der Waals surface area contributed by atoms with Crippen molar-refractivity contribution in [3.63, 3.8) is 0 Å². The molecule has 3 rings (SSSR count). The van der Waals surface area contributed by atoms with Crippen LogP contribution in [-0.2, 0) is 10.0 Å². The molecule has 0 aliphatic heterocycles. The van der Waals surface area contributed by atoms with E-state index in [0.717, 1.165) is 0 Å². The maximum Gasteiger partial charge on any atom is 0.261 e. The van der Waals surface area contributed by atoms with Crippen molar-refractivity contribution in [2.45, 2.75) is 4.90 Å². The van der Waals surface area contributed by atoms with Crippen molar-refractivity contribution in [2.75, 3.05) is 4.72 Å². The van der Waals surface area contributed by atoms with Crippen molar-refractivity contribution in [2.24, 2.45) is 0 Å². The van der Waals surface area contributed by atoms with Gasteiger partial charge in [-0.25, -0.2) is 18.4 Å². The van der Waals surface area contributed by atoms with Gasteiger partial charge in [0.1, 0.15) is 5.75 Å². The van der Waals surface area contributed by atoms with E-state index in [1.165, 1.54) is 48.8 Å². The van der Waals surface area contributed by atoms with Crippen molar-refractivity contribution in [3.05, 3.63) is 65.9 Å². The molecule has 0 unspecified atom stereocenters. The zero-order valence-corrected chi connectivity index (χ0v) is 13.8. The minimum absolute atomic E-state index is 0.0870. The molecule has 1 aromatic heterocycles. The number of benzene rings is 2. The lowest BCUT2D eigenvalue weighted by Crippen LogP contribution is -2.13. The van der Waals surface area contributed by atoms with Gasteiger partial charge in [0.25, 0.3) is 10.0 Å². The quantitative estimate of drug-likeness (QED) is 0.743. The SMILES string of the molecule is O=S(=O)(Nc1cnc(-c2cccc(O)c2)nc1)c1ccc(Cl)cc1. The number of phenolic OH excluding ortho intramolecular Hbond substituents is 1. The summed E-state index contributed by atoms with van der Waals surface area (Å²) in [6, 6.07) is 12.3. The normalized spacial score (nSPS) is 11.2. The van der Waals surface area contributed by atoms with Gasteiger partial charge in [0.05, 0.1) is 23.0 Å². The van der Waals surface area contributed by atoms with Crippen LogP contribution in [0.15, 0.2) is 65.8 Å². The third-order valence-corrected chi connectivity index (χ3v) is 4.78. The first-order valence-electron chi connectivity index (χ1n) is 6.84. The summed E-state index contributed by atoms with van der Waals surface area (Å²) in [6.45, 7) is 0. The monoisotopic (exact) mass is 361 g/mol. The highest BCUT2D eigenvalue weighted by Gasteiger charge is 2.14. The van der Waals surface area contributed by atoms with E-state index in [-0.39, 0.29) is 16.3 Å². The highest BCUT2D eigenvalue weighted by molar-refractivity contribution is 7.92. The molecule has 0 atom stereocenters. The average molecular weight is 362 g/mol. The van der Waals surface area contributed by atoms with E-state index in [2.05, 4.69) is 14.7 Å². The van der Waals surface area contributed by atoms with Crippen LogP contribution in [0.1, 0.15) is 0 Å². The van der Waals surface area contributed by atoms with Gasteiger partial charge in [-0.1, -0.05) is 23.7 Å². The van der Waals surface area contributed by atoms with Crippen LogP contribution in [0, 0.1) is 0 Å². The van der Waals surface area contributed by atoms with Crippen LogP contribution in [0.2, 0.25) is 5.02 Å². The Labute approximate surface area is 143 Å². The molecule has 1 heterocycles. The van der Waals surface area contributed by atoms with Gasteiger partial charge in [-0.15, -0.1) is 0 Å². The highest BCUT2D eigenvalue weighted by atomic mass is 35.5. The number of rotatable bonds is 4. The van der Waals surface area contributed by atoms with Gasteiger partial charge in [-0.3, -0.25) is 4.72 Å². The lowest BCUT2D eigenvalue weighted by molar-refractivity contribution is 0.475. The number of hydrogen-bond donors (Lipinski definition) is 2. The molecule has 0 radical (unpaired) electrons. The summed E-state index contributed by atoms with van der Waals surface area (Å²) in [4.78, 5) is 8.31. The van der Waals surface area contributed by atoms with Crippen LogP contribution in [0.5, 0.6) is 5.75 Å². The molecule has 0 saturated heterocycles. The van der Waals surface area contributed by atoms with Crippen molar-refractivity contribution < 1.29 is 13.5 Å². The fraction of sp³-hybridized carbons (Fsp3) is 0. The van der Waals surface area contributed by atoms with Crippen molar-refractivity contribution in [1.82, 2.24) is 9.97 Å². The first-order valence-corrected chi connectivity index (χ1v) is 8.70. The number of anilines is 1. The zero-order valence-electron chi connectivity index (χ0n) is 12.2. The van der Waals surface area contributed by atoms with Gasteiger partial charge in [0, 0.05) is 10.6 Å². The Morgan fingerprint density at radius 3 is 2.29 bits per heavy atom. The average Bonchev–Trinajstić information content (AvgIpc) is 2.55. The number of aromatic hydroxyl groups is 1. The number of nitrogens with one attached hydrogen (secondary N) is 1. The summed E-state index contributed by atoms with van der Waals surface area (Å²) in [5.41, 5.74) is 0.857. The second-order valence-electron chi connectivity index (χ2n) is 4.91. The molecule has 6 nitrogen and oxygen atoms in total. The third kappa shape index (κ3) is 3.64. The second-order valence-corrected chi connectivity index (χ2v) is 7.02. The first kappa shape index (κ1) is 16.2. The summed E-state index contributed by atoms with van der Waals surface area (Å²) in [7, 11) is -3.74. The Hall–Kier alpha value is -2.64. The van der Waals surface area contributed by atoms with E-state index in [1.807, 2.05) is 0 Å². The van der Waals surface area contributed by atoms with Crippen LogP contribution >= 0.6 is 11.6 Å². The van der Waals surface area contributed by atoms with Crippen LogP contribution in [0.25, 0.3) is 11.4 Å². The largest absolute Gasteiger partial charge is 0.508 e. The molecule has 0 saturated carbocycles.